The van der Waals surface area contributed by atoms with Crippen LogP contribution in [0, 0.1) is 0 Å². The molecule has 0 bridgehead atoms. The van der Waals surface area contributed by atoms with Crippen molar-refractivity contribution >= 4 is 23.8 Å². The van der Waals surface area contributed by atoms with Gasteiger partial charge in [-0.25, -0.2) is 0 Å². The molecule has 0 spiro atoms. The van der Waals surface area contributed by atoms with Gasteiger partial charge in [0, 0.05) is 0 Å². The standard InChI is InChI=1S/C12H11.Li/c1-3-9-7-11-5-2-6-12(11)8-10(9)4-1;/h1,3-4,7-8H,2,5-6H2;. The number of hydrogen-bond acceptors (Lipinski definition) is 0. The molecular formula is C12H11Li. The van der Waals surface area contributed by atoms with E-state index in [-0.39, 0.29) is 0 Å². The first kappa shape index (κ1) is 7.92. The van der Waals surface area contributed by atoms with Crippen LogP contribution < -0.4 is 0 Å². The summed E-state index contributed by atoms with van der Waals surface area (Å²) in [5, 5.41) is 0. The van der Waals surface area contributed by atoms with E-state index in [0.29, 0.717) is 4.59 Å². The van der Waals surface area contributed by atoms with Crippen LogP contribution in [0.1, 0.15) is 33.3 Å². The van der Waals surface area contributed by atoms with Gasteiger partial charge < -0.3 is 0 Å². The quantitative estimate of drug-likeness (QED) is 0.514. The molecule has 0 aromatic heterocycles. The number of hydrogen-bond donors (Lipinski definition) is 0. The Balaban J connectivity index is 2.20. The maximum atomic E-state index is 2.43. The van der Waals surface area contributed by atoms with Crippen molar-refractivity contribution in [3.8, 4) is 0 Å². The molecule has 1 aromatic carbocycles. The van der Waals surface area contributed by atoms with E-state index in [2.05, 4.69) is 42.0 Å². The van der Waals surface area contributed by atoms with Crippen LogP contribution in [0.2, 0.25) is 0 Å². The van der Waals surface area contributed by atoms with Crippen LogP contribution in [0.3, 0.4) is 0 Å². The fourth-order valence-electron chi connectivity index (χ4n) is 2.55. The summed E-state index contributed by atoms with van der Waals surface area (Å²) in [6.07, 6.45) is 8.54. The Morgan fingerprint density at radius 1 is 1.15 bits per heavy atom. The van der Waals surface area contributed by atoms with Crippen molar-refractivity contribution in [2.75, 3.05) is 0 Å². The van der Waals surface area contributed by atoms with Gasteiger partial charge in [-0.05, 0) is 0 Å². The van der Waals surface area contributed by atoms with Gasteiger partial charge in [-0.1, -0.05) is 0 Å². The average Bonchev–Trinajstić information content (AvgIpc) is 2.70. The zero-order chi connectivity index (χ0) is 8.84. The molecule has 0 aliphatic heterocycles. The van der Waals surface area contributed by atoms with E-state index in [1.165, 1.54) is 24.8 Å². The van der Waals surface area contributed by atoms with E-state index < -0.39 is 0 Å². The number of aryl methyl sites for hydroxylation is 2. The molecular weight excluding hydrogens is 151 g/mol. The van der Waals surface area contributed by atoms with Crippen molar-refractivity contribution in [3.63, 3.8) is 0 Å². The fourth-order valence-corrected chi connectivity index (χ4v) is 2.55. The monoisotopic (exact) mass is 162 g/mol. The third kappa shape index (κ3) is 1.13. The third-order valence-electron chi connectivity index (χ3n) is 3.35. The van der Waals surface area contributed by atoms with E-state index in [1.807, 2.05) is 0 Å². The number of allylic oxidation sites excluding steroid dienone is 1. The molecule has 60 valence electrons. The molecule has 0 radical (unpaired) electrons. The Hall–Kier alpha value is -0.443. The molecule has 1 atom stereocenters. The van der Waals surface area contributed by atoms with E-state index in [9.17, 15) is 0 Å². The third-order valence-corrected chi connectivity index (χ3v) is 3.35. The normalized spacial score (nSPS) is 23.4. The zero-order valence-electron chi connectivity index (χ0n) is 8.01. The van der Waals surface area contributed by atoms with Gasteiger partial charge in [0.25, 0.3) is 0 Å². The molecule has 0 fully saturated rings. The summed E-state index contributed by atoms with van der Waals surface area (Å²) in [5.41, 5.74) is 6.21. The predicted octanol–water partition coefficient (Wildman–Crippen LogP) is 2.41. The summed E-state index contributed by atoms with van der Waals surface area (Å²) >= 11 is 2.28. The Bertz CT molecular complexity index is 390. The van der Waals surface area contributed by atoms with Gasteiger partial charge in [0.2, 0.25) is 0 Å². The van der Waals surface area contributed by atoms with Crippen molar-refractivity contribution in [1.29, 1.82) is 0 Å². The number of rotatable bonds is 0. The van der Waals surface area contributed by atoms with E-state index >= 15 is 0 Å². The molecule has 3 rings (SSSR count). The van der Waals surface area contributed by atoms with Gasteiger partial charge >= 0.3 is 88.1 Å². The average molecular weight is 162 g/mol. The van der Waals surface area contributed by atoms with Gasteiger partial charge in [0.1, 0.15) is 0 Å². The van der Waals surface area contributed by atoms with Crippen LogP contribution in [0.15, 0.2) is 18.2 Å². The Labute approximate surface area is 88.2 Å². The molecule has 0 N–H and O–H groups in total. The van der Waals surface area contributed by atoms with Gasteiger partial charge in [0.15, 0.2) is 0 Å². The first-order chi connectivity index (χ1) is 6.34. The molecule has 0 nitrogen and oxygen atoms in total. The molecule has 13 heavy (non-hydrogen) atoms. The van der Waals surface area contributed by atoms with Crippen LogP contribution >= 0.6 is 0 Å². The van der Waals surface area contributed by atoms with Gasteiger partial charge in [-0.3, -0.25) is 0 Å². The first-order valence-corrected chi connectivity index (χ1v) is 5.18. The van der Waals surface area contributed by atoms with Crippen molar-refractivity contribution in [1.82, 2.24) is 0 Å². The van der Waals surface area contributed by atoms with Crippen LogP contribution in [-0.4, -0.2) is 17.7 Å². The minimum atomic E-state index is 0.640. The van der Waals surface area contributed by atoms with Gasteiger partial charge in [0.05, 0.1) is 0 Å². The molecule has 2 aliphatic carbocycles. The Morgan fingerprint density at radius 2 is 1.92 bits per heavy atom. The van der Waals surface area contributed by atoms with E-state index in [0.717, 1.165) is 0 Å². The fraction of sp³-hybridized carbons (Fsp3) is 0.333. The van der Waals surface area contributed by atoms with Crippen molar-refractivity contribution in [3.05, 3.63) is 40.5 Å². The zero-order valence-corrected chi connectivity index (χ0v) is 8.01. The summed E-state index contributed by atoms with van der Waals surface area (Å²) < 4.78 is 0.640. The second-order valence-corrected chi connectivity index (χ2v) is 4.25. The summed E-state index contributed by atoms with van der Waals surface area (Å²) in [5.74, 6) is 0. The molecule has 0 saturated heterocycles. The number of fused-ring (bicyclic) bond motifs is 2. The summed E-state index contributed by atoms with van der Waals surface area (Å²) in [6.45, 7) is 0. The summed E-state index contributed by atoms with van der Waals surface area (Å²) in [6, 6.07) is 4.83. The molecule has 1 unspecified atom stereocenters. The van der Waals surface area contributed by atoms with Crippen LogP contribution in [0.4, 0.5) is 0 Å². The maximum absolute atomic E-state index is 2.43. The Kier molecular flexibility index (Phi) is 1.69. The SMILES string of the molecule is [Li][CH]1C=Cc2cc3c(cc21)CCC3. The topological polar surface area (TPSA) is 0 Å². The second kappa shape index (κ2) is 2.77. The van der Waals surface area contributed by atoms with Crippen LogP contribution in [0.25, 0.3) is 6.08 Å². The van der Waals surface area contributed by atoms with Crippen molar-refractivity contribution in [2.24, 2.45) is 0 Å². The van der Waals surface area contributed by atoms with Crippen LogP contribution in [0.5, 0.6) is 0 Å². The minimum absolute atomic E-state index is 0.640. The van der Waals surface area contributed by atoms with Gasteiger partial charge in [-0.15, -0.1) is 0 Å². The first-order valence-electron chi connectivity index (χ1n) is 5.18. The summed E-state index contributed by atoms with van der Waals surface area (Å²) in [7, 11) is 0. The molecule has 0 amide bonds. The summed E-state index contributed by atoms with van der Waals surface area (Å²) in [4.78, 5) is 0. The molecule has 1 aromatic rings. The second-order valence-electron chi connectivity index (χ2n) is 4.25. The van der Waals surface area contributed by atoms with E-state index in [4.69, 9.17) is 0 Å². The van der Waals surface area contributed by atoms with Crippen LogP contribution in [-0.2, 0) is 12.8 Å². The Morgan fingerprint density at radius 3 is 2.77 bits per heavy atom. The van der Waals surface area contributed by atoms with E-state index in [1.54, 1.807) is 16.7 Å². The molecule has 0 heterocycles. The molecule has 1 heteroatoms. The molecule has 2 aliphatic rings. The molecule has 0 saturated carbocycles. The van der Waals surface area contributed by atoms with Crippen molar-refractivity contribution in [2.45, 2.75) is 23.9 Å². The van der Waals surface area contributed by atoms with Crippen molar-refractivity contribution < 1.29 is 0 Å². The van der Waals surface area contributed by atoms with Gasteiger partial charge in [-0.2, -0.15) is 0 Å². The number of benzene rings is 1. The predicted molar refractivity (Wildman–Crippen MR) is 56.0 cm³/mol.